The lowest BCUT2D eigenvalue weighted by Crippen LogP contribution is -2.50. The number of ether oxygens (including phenoxy) is 2. The highest BCUT2D eigenvalue weighted by Gasteiger charge is 2.28. The smallest absolute Gasteiger partial charge is 0.155 e. The van der Waals surface area contributed by atoms with Crippen LogP contribution >= 0.6 is 23.2 Å². The molecular weight excluding hydrogens is 577 g/mol. The van der Waals surface area contributed by atoms with Gasteiger partial charge in [-0.25, -0.2) is 4.99 Å². The Hall–Kier alpha value is -3.26. The summed E-state index contributed by atoms with van der Waals surface area (Å²) in [5.74, 6) is 1.81. The number of nitriles is 1. The number of nitrogens with zero attached hydrogens (tertiary/aromatic N) is 4. The van der Waals surface area contributed by atoms with Crippen LogP contribution in [0.1, 0.15) is 50.8 Å². The molecule has 3 rings (SSSR count). The molecule has 0 unspecified atom stereocenters. The van der Waals surface area contributed by atoms with Crippen LogP contribution in [0.25, 0.3) is 0 Å². The minimum Gasteiger partial charge on any atom is -0.489 e. The zero-order chi connectivity index (χ0) is 30.9. The average molecular weight is 617 g/mol. The van der Waals surface area contributed by atoms with Gasteiger partial charge in [-0.1, -0.05) is 50.6 Å². The number of rotatable bonds is 13. The van der Waals surface area contributed by atoms with Crippen molar-refractivity contribution >= 4 is 29.0 Å². The molecule has 0 aromatic heterocycles. The number of β-amino-alcohol motifs (C(OH)–C–C–N with tert-alkyl or cyclic N) is 1. The standard InChI is InChI=1S/C31H39Cl2N5O4/c1-6-7-29(38-18-26(39)19-38)23(17-35-21(2)36-37(5)40)20-42-27-10-8-24(9-11-27)31(3,4)25-14-22(16-34)30(28(33)15-25)41-13-12-32/h7-11,14-15,17,26,39-40H,6,12-13,18-20H2,1-5H3,(H,35,36)/b23-17-,29-7-. The molecule has 3 N–H and O–H groups in total. The topological polar surface area (TPSA) is 114 Å². The van der Waals surface area contributed by atoms with E-state index in [-0.39, 0.29) is 19.3 Å². The highest BCUT2D eigenvalue weighted by Crippen LogP contribution is 2.38. The van der Waals surface area contributed by atoms with Crippen molar-refractivity contribution in [1.29, 1.82) is 5.26 Å². The molecule has 1 aliphatic heterocycles. The molecule has 9 nitrogen and oxygen atoms in total. The summed E-state index contributed by atoms with van der Waals surface area (Å²) in [5.41, 5.74) is 6.29. The fourth-order valence-electron chi connectivity index (χ4n) is 4.54. The maximum absolute atomic E-state index is 9.88. The molecule has 1 heterocycles. The SMILES string of the molecule is CC/C=C(/C(=C\N=C(C)NN(C)O)COc1ccc(C(C)(C)c2cc(Cl)c(OCCCl)c(C#N)c2)cc1)N1CC(O)C1. The summed E-state index contributed by atoms with van der Waals surface area (Å²) in [6, 6.07) is 13.6. The number of benzene rings is 2. The molecule has 11 heteroatoms. The van der Waals surface area contributed by atoms with Gasteiger partial charge in [0.25, 0.3) is 0 Å². The molecule has 1 fully saturated rings. The molecule has 0 amide bonds. The van der Waals surface area contributed by atoms with Crippen molar-refractivity contribution in [2.45, 2.75) is 45.6 Å². The molecule has 0 spiro atoms. The van der Waals surface area contributed by atoms with Crippen molar-refractivity contribution < 1.29 is 19.8 Å². The van der Waals surface area contributed by atoms with E-state index in [0.29, 0.717) is 46.9 Å². The number of hydrogen-bond donors (Lipinski definition) is 3. The molecule has 226 valence electrons. The second-order valence-electron chi connectivity index (χ2n) is 10.5. The van der Waals surface area contributed by atoms with E-state index in [0.717, 1.165) is 34.0 Å². The Morgan fingerprint density at radius 1 is 1.24 bits per heavy atom. The number of nitrogens with one attached hydrogen (secondary N) is 1. The van der Waals surface area contributed by atoms with Crippen LogP contribution in [0.15, 0.2) is 64.9 Å². The number of hydroxylamine groups is 1. The largest absolute Gasteiger partial charge is 0.489 e. The fourth-order valence-corrected chi connectivity index (χ4v) is 4.90. The molecule has 2 aromatic rings. The van der Waals surface area contributed by atoms with E-state index >= 15 is 0 Å². The molecule has 1 aliphatic rings. The van der Waals surface area contributed by atoms with Crippen molar-refractivity contribution in [2.24, 2.45) is 4.99 Å². The van der Waals surface area contributed by atoms with E-state index in [1.165, 1.54) is 7.05 Å². The van der Waals surface area contributed by atoms with Gasteiger partial charge in [0.1, 0.15) is 30.9 Å². The van der Waals surface area contributed by atoms with Gasteiger partial charge in [-0.05, 0) is 48.7 Å². The van der Waals surface area contributed by atoms with E-state index in [1.54, 1.807) is 19.2 Å². The number of aliphatic imine (C=N–C) groups is 1. The minimum absolute atomic E-state index is 0.248. The maximum atomic E-state index is 9.88. The van der Waals surface area contributed by atoms with Crippen LogP contribution in [-0.4, -0.2) is 71.6 Å². The van der Waals surface area contributed by atoms with Crippen LogP contribution in [-0.2, 0) is 5.41 Å². The van der Waals surface area contributed by atoms with Crippen LogP contribution in [0, 0.1) is 11.3 Å². The van der Waals surface area contributed by atoms with Crippen LogP contribution in [0.5, 0.6) is 11.5 Å². The summed E-state index contributed by atoms with van der Waals surface area (Å²) < 4.78 is 11.8. The summed E-state index contributed by atoms with van der Waals surface area (Å²) in [5, 5.41) is 30.2. The number of amidine groups is 1. The number of halogens is 2. The van der Waals surface area contributed by atoms with Gasteiger partial charge in [-0.3, -0.25) is 10.6 Å². The highest BCUT2D eigenvalue weighted by atomic mass is 35.5. The third-order valence-electron chi connectivity index (χ3n) is 6.85. The summed E-state index contributed by atoms with van der Waals surface area (Å²) in [6.45, 7) is 9.53. The fraction of sp³-hybridized carbons (Fsp3) is 0.419. The van der Waals surface area contributed by atoms with Gasteiger partial charge in [-0.15, -0.1) is 16.8 Å². The lowest BCUT2D eigenvalue weighted by atomic mass is 9.77. The van der Waals surface area contributed by atoms with Crippen molar-refractivity contribution in [3.63, 3.8) is 0 Å². The zero-order valence-electron chi connectivity index (χ0n) is 24.7. The first kappa shape index (κ1) is 33.2. The molecule has 0 aliphatic carbocycles. The van der Waals surface area contributed by atoms with E-state index in [9.17, 15) is 15.6 Å². The highest BCUT2D eigenvalue weighted by molar-refractivity contribution is 6.32. The number of likely N-dealkylation sites (tertiary alicyclic amines) is 1. The number of allylic oxidation sites excluding steroid dienone is 1. The van der Waals surface area contributed by atoms with E-state index in [1.807, 2.05) is 30.3 Å². The predicted octanol–water partition coefficient (Wildman–Crippen LogP) is 5.63. The van der Waals surface area contributed by atoms with Gasteiger partial charge in [0, 0.05) is 43.0 Å². The van der Waals surface area contributed by atoms with Gasteiger partial charge in [-0.2, -0.15) is 5.26 Å². The van der Waals surface area contributed by atoms with E-state index < -0.39 is 5.41 Å². The zero-order valence-corrected chi connectivity index (χ0v) is 26.2. The monoisotopic (exact) mass is 615 g/mol. The summed E-state index contributed by atoms with van der Waals surface area (Å²) in [6.07, 6.45) is 4.26. The Morgan fingerprint density at radius 2 is 1.93 bits per heavy atom. The molecule has 0 bridgehead atoms. The molecule has 0 saturated carbocycles. The second kappa shape index (κ2) is 15.3. The van der Waals surface area contributed by atoms with Gasteiger partial charge in [0.15, 0.2) is 5.75 Å². The molecule has 42 heavy (non-hydrogen) atoms. The first-order chi connectivity index (χ1) is 20.0. The molecule has 0 radical (unpaired) electrons. The quantitative estimate of drug-likeness (QED) is 0.0873. The Morgan fingerprint density at radius 3 is 2.50 bits per heavy atom. The van der Waals surface area contributed by atoms with Crippen LogP contribution in [0.4, 0.5) is 0 Å². The Labute approximate surface area is 258 Å². The first-order valence-electron chi connectivity index (χ1n) is 13.7. The van der Waals surface area contributed by atoms with E-state index in [4.69, 9.17) is 32.7 Å². The van der Waals surface area contributed by atoms with Crippen molar-refractivity contribution in [3.8, 4) is 17.6 Å². The van der Waals surface area contributed by atoms with Crippen LogP contribution < -0.4 is 14.9 Å². The van der Waals surface area contributed by atoms with Crippen molar-refractivity contribution in [1.82, 2.24) is 15.5 Å². The second-order valence-corrected chi connectivity index (χ2v) is 11.3. The number of aliphatic hydroxyl groups is 1. The molecule has 1 saturated heterocycles. The maximum Gasteiger partial charge on any atom is 0.155 e. The third kappa shape index (κ3) is 8.63. The Balaban J connectivity index is 1.83. The average Bonchev–Trinajstić information content (AvgIpc) is 2.93. The Bertz CT molecular complexity index is 1340. The number of alkyl halides is 1. The van der Waals surface area contributed by atoms with Crippen LogP contribution in [0.2, 0.25) is 5.02 Å². The van der Waals surface area contributed by atoms with Crippen molar-refractivity contribution in [3.05, 3.63) is 81.7 Å². The lowest BCUT2D eigenvalue weighted by Gasteiger charge is -2.40. The Kier molecular flexibility index (Phi) is 12.1. The third-order valence-corrected chi connectivity index (χ3v) is 7.28. The van der Waals surface area contributed by atoms with E-state index in [2.05, 4.69) is 48.2 Å². The van der Waals surface area contributed by atoms with Gasteiger partial charge >= 0.3 is 0 Å². The van der Waals surface area contributed by atoms with Gasteiger partial charge in [0.2, 0.25) is 0 Å². The van der Waals surface area contributed by atoms with Gasteiger partial charge in [0.05, 0.1) is 22.6 Å². The van der Waals surface area contributed by atoms with Crippen molar-refractivity contribution in [2.75, 3.05) is 39.2 Å². The summed E-state index contributed by atoms with van der Waals surface area (Å²) in [7, 11) is 1.46. The lowest BCUT2D eigenvalue weighted by molar-refractivity contribution is -0.0920. The predicted molar refractivity (Wildman–Crippen MR) is 166 cm³/mol. The minimum atomic E-state index is -0.460. The molecule has 0 atom stereocenters. The molecule has 2 aromatic carbocycles. The number of hydrazine groups is 1. The summed E-state index contributed by atoms with van der Waals surface area (Å²) in [4.78, 5) is 6.54. The van der Waals surface area contributed by atoms with Gasteiger partial charge < -0.3 is 19.5 Å². The summed E-state index contributed by atoms with van der Waals surface area (Å²) >= 11 is 12.2. The number of aliphatic hydroxyl groups excluding tert-OH is 1. The van der Waals surface area contributed by atoms with Crippen LogP contribution in [0.3, 0.4) is 0 Å². The normalized spacial score (nSPS) is 15.0. The number of hydrogen-bond acceptors (Lipinski definition) is 8. The molecular formula is C31H39Cl2N5O4. The first-order valence-corrected chi connectivity index (χ1v) is 14.6.